The molecule has 1 heterocycles. The fourth-order valence-electron chi connectivity index (χ4n) is 2.77. The van der Waals surface area contributed by atoms with Gasteiger partial charge in [0.1, 0.15) is 0 Å². The molecule has 0 radical (unpaired) electrons. The highest BCUT2D eigenvalue weighted by Gasteiger charge is 2.29. The molecule has 1 aliphatic heterocycles. The Balaban J connectivity index is 2.45. The lowest BCUT2D eigenvalue weighted by molar-refractivity contribution is -0.135. The maximum atomic E-state index is 12.4. The molecule has 1 atom stereocenters. The zero-order chi connectivity index (χ0) is 12.7. The number of carbonyl (C=O) groups is 1. The second-order valence-electron chi connectivity index (χ2n) is 5.19. The average molecular weight is 304 g/mol. The molecule has 0 aromatic rings. The molecule has 0 aromatic carbocycles. The highest BCUT2D eigenvalue weighted by molar-refractivity contribution is 9.09. The van der Waals surface area contributed by atoms with Crippen molar-refractivity contribution in [3.63, 3.8) is 0 Å². The molecule has 0 N–H and O–H groups in total. The van der Waals surface area contributed by atoms with Gasteiger partial charge in [-0.3, -0.25) is 4.79 Å². The SMILES string of the molecule is CCCC(CCC)C(=O)N1CCC(CCBr)C1. The molecule has 1 amide bonds. The molecule has 0 saturated carbocycles. The fraction of sp³-hybridized carbons (Fsp3) is 0.929. The third kappa shape index (κ3) is 4.61. The molecule has 17 heavy (non-hydrogen) atoms. The van der Waals surface area contributed by atoms with Crippen LogP contribution < -0.4 is 0 Å². The number of alkyl halides is 1. The minimum Gasteiger partial charge on any atom is -0.342 e. The smallest absolute Gasteiger partial charge is 0.225 e. The van der Waals surface area contributed by atoms with Gasteiger partial charge in [0.15, 0.2) is 0 Å². The lowest BCUT2D eigenvalue weighted by Gasteiger charge is -2.23. The molecule has 0 aromatic heterocycles. The number of rotatable bonds is 7. The van der Waals surface area contributed by atoms with E-state index in [0.717, 1.165) is 50.0 Å². The Morgan fingerprint density at radius 1 is 1.35 bits per heavy atom. The van der Waals surface area contributed by atoms with Gasteiger partial charge in [-0.05, 0) is 31.6 Å². The average Bonchev–Trinajstić information content (AvgIpc) is 2.77. The molecule has 0 spiro atoms. The Kier molecular flexibility index (Phi) is 7.17. The van der Waals surface area contributed by atoms with E-state index in [9.17, 15) is 4.79 Å². The van der Waals surface area contributed by atoms with Gasteiger partial charge in [-0.1, -0.05) is 42.6 Å². The van der Waals surface area contributed by atoms with E-state index >= 15 is 0 Å². The van der Waals surface area contributed by atoms with Crippen molar-refractivity contribution in [2.45, 2.75) is 52.4 Å². The van der Waals surface area contributed by atoms with E-state index in [1.807, 2.05) is 0 Å². The summed E-state index contributed by atoms with van der Waals surface area (Å²) in [5.74, 6) is 1.43. The predicted molar refractivity (Wildman–Crippen MR) is 76.4 cm³/mol. The first kappa shape index (κ1) is 15.0. The minimum atomic E-state index is 0.285. The highest BCUT2D eigenvalue weighted by atomic mass is 79.9. The molecule has 1 unspecified atom stereocenters. The second-order valence-corrected chi connectivity index (χ2v) is 5.98. The zero-order valence-electron chi connectivity index (χ0n) is 11.3. The van der Waals surface area contributed by atoms with Crippen molar-refractivity contribution in [2.75, 3.05) is 18.4 Å². The lowest BCUT2D eigenvalue weighted by Crippen LogP contribution is -2.34. The number of nitrogens with zero attached hydrogens (tertiary/aromatic N) is 1. The van der Waals surface area contributed by atoms with Crippen LogP contribution in [0.5, 0.6) is 0 Å². The molecule has 0 bridgehead atoms. The van der Waals surface area contributed by atoms with Crippen LogP contribution in [0.1, 0.15) is 52.4 Å². The number of amides is 1. The van der Waals surface area contributed by atoms with Crippen LogP contribution in [-0.4, -0.2) is 29.2 Å². The van der Waals surface area contributed by atoms with Gasteiger partial charge in [-0.25, -0.2) is 0 Å². The van der Waals surface area contributed by atoms with E-state index in [4.69, 9.17) is 0 Å². The molecular formula is C14H26BrNO. The molecule has 1 rings (SSSR count). The van der Waals surface area contributed by atoms with Gasteiger partial charge < -0.3 is 4.90 Å². The Labute approximate surface area is 114 Å². The maximum Gasteiger partial charge on any atom is 0.225 e. The Morgan fingerprint density at radius 3 is 2.53 bits per heavy atom. The summed E-state index contributed by atoms with van der Waals surface area (Å²) in [5.41, 5.74) is 0. The lowest BCUT2D eigenvalue weighted by atomic mass is 9.97. The predicted octanol–water partition coefficient (Wildman–Crippen LogP) is 3.84. The third-order valence-corrected chi connectivity index (χ3v) is 4.20. The number of hydrogen-bond donors (Lipinski definition) is 0. The van der Waals surface area contributed by atoms with Crippen molar-refractivity contribution >= 4 is 21.8 Å². The van der Waals surface area contributed by atoms with Gasteiger partial charge in [0, 0.05) is 24.3 Å². The van der Waals surface area contributed by atoms with E-state index < -0.39 is 0 Å². The summed E-state index contributed by atoms with van der Waals surface area (Å²) in [6, 6.07) is 0. The quantitative estimate of drug-likeness (QED) is 0.654. The van der Waals surface area contributed by atoms with Crippen LogP contribution in [0.4, 0.5) is 0 Å². The summed E-state index contributed by atoms with van der Waals surface area (Å²) < 4.78 is 0. The number of halogens is 1. The van der Waals surface area contributed by atoms with Crippen LogP contribution >= 0.6 is 15.9 Å². The fourth-order valence-corrected chi connectivity index (χ4v) is 3.42. The summed E-state index contributed by atoms with van der Waals surface area (Å²) in [4.78, 5) is 14.5. The molecule has 100 valence electrons. The van der Waals surface area contributed by atoms with Crippen molar-refractivity contribution in [3.8, 4) is 0 Å². The van der Waals surface area contributed by atoms with Crippen LogP contribution in [-0.2, 0) is 4.79 Å². The van der Waals surface area contributed by atoms with E-state index in [1.54, 1.807) is 0 Å². The molecule has 2 nitrogen and oxygen atoms in total. The highest BCUT2D eigenvalue weighted by Crippen LogP contribution is 2.24. The van der Waals surface area contributed by atoms with Crippen molar-refractivity contribution in [1.29, 1.82) is 0 Å². The number of likely N-dealkylation sites (tertiary alicyclic amines) is 1. The standard InChI is InChI=1S/C14H26BrNO/c1-3-5-13(6-4-2)14(17)16-10-8-12(11-16)7-9-15/h12-13H,3-11H2,1-2H3. The van der Waals surface area contributed by atoms with Crippen LogP contribution in [0.2, 0.25) is 0 Å². The largest absolute Gasteiger partial charge is 0.342 e. The summed E-state index contributed by atoms with van der Waals surface area (Å²) in [6.45, 7) is 6.33. The van der Waals surface area contributed by atoms with Gasteiger partial charge in [-0.15, -0.1) is 0 Å². The van der Waals surface area contributed by atoms with Gasteiger partial charge >= 0.3 is 0 Å². The van der Waals surface area contributed by atoms with Gasteiger partial charge in [-0.2, -0.15) is 0 Å². The molecule has 1 fully saturated rings. The summed E-state index contributed by atoms with van der Waals surface area (Å²) in [6.07, 6.45) is 6.76. The first-order chi connectivity index (χ1) is 8.22. The molecule has 1 saturated heterocycles. The Bertz CT molecular complexity index is 226. The first-order valence-electron chi connectivity index (χ1n) is 7.07. The monoisotopic (exact) mass is 303 g/mol. The van der Waals surface area contributed by atoms with Crippen LogP contribution in [0.15, 0.2) is 0 Å². The van der Waals surface area contributed by atoms with E-state index in [2.05, 4.69) is 34.7 Å². The van der Waals surface area contributed by atoms with Crippen LogP contribution in [0.25, 0.3) is 0 Å². The Morgan fingerprint density at radius 2 is 2.00 bits per heavy atom. The zero-order valence-corrected chi connectivity index (χ0v) is 12.8. The second kappa shape index (κ2) is 8.12. The van der Waals surface area contributed by atoms with Gasteiger partial charge in [0.2, 0.25) is 5.91 Å². The molecular weight excluding hydrogens is 278 g/mol. The van der Waals surface area contributed by atoms with Crippen molar-refractivity contribution in [1.82, 2.24) is 4.90 Å². The molecule has 1 aliphatic rings. The van der Waals surface area contributed by atoms with Crippen molar-refractivity contribution in [3.05, 3.63) is 0 Å². The molecule has 0 aliphatic carbocycles. The van der Waals surface area contributed by atoms with Crippen molar-refractivity contribution in [2.24, 2.45) is 11.8 Å². The van der Waals surface area contributed by atoms with Crippen molar-refractivity contribution < 1.29 is 4.79 Å². The summed E-state index contributed by atoms with van der Waals surface area (Å²) in [5, 5.41) is 1.06. The van der Waals surface area contributed by atoms with Crippen LogP contribution in [0.3, 0.4) is 0 Å². The van der Waals surface area contributed by atoms with Gasteiger partial charge in [0.25, 0.3) is 0 Å². The number of hydrogen-bond acceptors (Lipinski definition) is 1. The summed E-state index contributed by atoms with van der Waals surface area (Å²) in [7, 11) is 0. The third-order valence-electron chi connectivity index (χ3n) is 3.74. The molecule has 3 heteroatoms. The summed E-state index contributed by atoms with van der Waals surface area (Å²) >= 11 is 3.49. The maximum absolute atomic E-state index is 12.4. The minimum absolute atomic E-state index is 0.285. The number of carbonyl (C=O) groups excluding carboxylic acids is 1. The first-order valence-corrected chi connectivity index (χ1v) is 8.19. The van der Waals surface area contributed by atoms with E-state index in [1.165, 1.54) is 12.8 Å². The topological polar surface area (TPSA) is 20.3 Å². The van der Waals surface area contributed by atoms with E-state index in [0.29, 0.717) is 5.91 Å². The normalized spacial score (nSPS) is 20.2. The van der Waals surface area contributed by atoms with Crippen LogP contribution in [0, 0.1) is 11.8 Å². The van der Waals surface area contributed by atoms with E-state index in [-0.39, 0.29) is 5.92 Å². The Hall–Kier alpha value is -0.0500. The van der Waals surface area contributed by atoms with Gasteiger partial charge in [0.05, 0.1) is 0 Å².